The van der Waals surface area contributed by atoms with E-state index in [0.717, 1.165) is 37.9 Å². The molecule has 1 aromatic rings. The zero-order valence-corrected chi connectivity index (χ0v) is 14.5. The van der Waals surface area contributed by atoms with Crippen LogP contribution in [0.2, 0.25) is 0 Å². The number of nitrogens with one attached hydrogen (secondary N) is 2. The van der Waals surface area contributed by atoms with Gasteiger partial charge in [0.05, 0.1) is 0 Å². The minimum absolute atomic E-state index is 0.577. The molecule has 1 saturated carbocycles. The molecule has 0 atom stereocenters. The lowest BCUT2D eigenvalue weighted by atomic mass is 10.1. The maximum atomic E-state index is 11.5. The van der Waals surface area contributed by atoms with Crippen LogP contribution < -0.4 is 14.3 Å². The molecule has 1 aromatic carbocycles. The van der Waals surface area contributed by atoms with Gasteiger partial charge < -0.3 is 4.90 Å². The van der Waals surface area contributed by atoms with Crippen LogP contribution in [0.1, 0.15) is 25.7 Å². The van der Waals surface area contributed by atoms with E-state index in [-0.39, 0.29) is 0 Å². The molecule has 0 radical (unpaired) electrons. The van der Waals surface area contributed by atoms with Crippen molar-refractivity contribution in [2.45, 2.75) is 31.7 Å². The normalized spacial score (nSPS) is 20.8. The van der Waals surface area contributed by atoms with Gasteiger partial charge in [0.2, 0.25) is 0 Å². The third-order valence-electron chi connectivity index (χ3n) is 4.91. The molecule has 2 fully saturated rings. The Morgan fingerprint density at radius 1 is 1.00 bits per heavy atom. The molecule has 0 spiro atoms. The lowest BCUT2D eigenvalue weighted by molar-refractivity contribution is 0.187. The summed E-state index contributed by atoms with van der Waals surface area (Å²) >= 11 is 0. The van der Waals surface area contributed by atoms with Gasteiger partial charge in [-0.05, 0) is 37.1 Å². The molecule has 2 N–H and O–H groups in total. The molecule has 6 nitrogen and oxygen atoms in total. The Morgan fingerprint density at radius 3 is 2.17 bits per heavy atom. The second-order valence-electron chi connectivity index (χ2n) is 6.32. The number of anilines is 2. The van der Waals surface area contributed by atoms with Crippen molar-refractivity contribution < 1.29 is 8.42 Å². The van der Waals surface area contributed by atoms with Crippen LogP contribution in [0.15, 0.2) is 24.3 Å². The van der Waals surface area contributed by atoms with E-state index < -0.39 is 10.2 Å². The molecule has 7 heteroatoms. The second-order valence-corrected chi connectivity index (χ2v) is 7.94. The van der Waals surface area contributed by atoms with E-state index in [2.05, 4.69) is 19.2 Å². The largest absolute Gasteiger partial charge is 0.369 e. The van der Waals surface area contributed by atoms with E-state index in [1.807, 2.05) is 24.3 Å². The van der Waals surface area contributed by atoms with E-state index in [9.17, 15) is 8.42 Å². The van der Waals surface area contributed by atoms with Crippen LogP contribution in [-0.4, -0.2) is 52.6 Å². The van der Waals surface area contributed by atoms with Gasteiger partial charge in [-0.25, -0.2) is 4.72 Å². The van der Waals surface area contributed by atoms with Gasteiger partial charge in [-0.1, -0.05) is 12.8 Å². The molecule has 1 heterocycles. The van der Waals surface area contributed by atoms with E-state index in [4.69, 9.17) is 0 Å². The van der Waals surface area contributed by atoms with Crippen LogP contribution in [0.25, 0.3) is 0 Å². The van der Waals surface area contributed by atoms with E-state index in [0.29, 0.717) is 5.69 Å². The van der Waals surface area contributed by atoms with E-state index in [1.54, 1.807) is 0 Å². The third kappa shape index (κ3) is 4.16. The quantitative estimate of drug-likeness (QED) is 0.856. The SMILES string of the molecule is CNS(=O)(=O)Nc1ccc(N2CCN(C3CCCC3)CC2)cc1. The first kappa shape index (κ1) is 16.5. The number of nitrogens with zero attached hydrogens (tertiary/aromatic N) is 2. The van der Waals surface area contributed by atoms with Crippen LogP contribution in [-0.2, 0) is 10.2 Å². The summed E-state index contributed by atoms with van der Waals surface area (Å²) in [6, 6.07) is 8.40. The molecule has 1 saturated heterocycles. The lowest BCUT2D eigenvalue weighted by Gasteiger charge is -2.39. The van der Waals surface area contributed by atoms with Crippen molar-refractivity contribution in [3.8, 4) is 0 Å². The Balaban J connectivity index is 1.56. The predicted octanol–water partition coefficient (Wildman–Crippen LogP) is 1.63. The fourth-order valence-electron chi connectivity index (χ4n) is 3.56. The van der Waals surface area contributed by atoms with Crippen molar-refractivity contribution >= 4 is 21.6 Å². The highest BCUT2D eigenvalue weighted by Gasteiger charge is 2.26. The Labute approximate surface area is 139 Å². The second kappa shape index (κ2) is 7.07. The van der Waals surface area contributed by atoms with Gasteiger partial charge >= 0.3 is 0 Å². The summed E-state index contributed by atoms with van der Waals surface area (Å²) in [5.74, 6) is 0. The van der Waals surface area contributed by atoms with Gasteiger partial charge in [-0.2, -0.15) is 8.42 Å². The fraction of sp³-hybridized carbons (Fsp3) is 0.625. The monoisotopic (exact) mass is 338 g/mol. The van der Waals surface area contributed by atoms with Gasteiger partial charge in [-0.15, -0.1) is 0 Å². The average Bonchev–Trinajstić information content (AvgIpc) is 3.10. The molecule has 128 valence electrons. The topological polar surface area (TPSA) is 64.7 Å². The first-order chi connectivity index (χ1) is 11.1. The summed E-state index contributed by atoms with van der Waals surface area (Å²) in [7, 11) is -2.06. The molecule has 2 aliphatic rings. The zero-order valence-electron chi connectivity index (χ0n) is 13.7. The fourth-order valence-corrected chi connectivity index (χ4v) is 4.11. The van der Waals surface area contributed by atoms with Crippen LogP contribution in [0.3, 0.4) is 0 Å². The van der Waals surface area contributed by atoms with Gasteiger partial charge in [0.15, 0.2) is 0 Å². The van der Waals surface area contributed by atoms with Crippen molar-refractivity contribution in [2.24, 2.45) is 0 Å². The maximum absolute atomic E-state index is 11.5. The third-order valence-corrected chi connectivity index (χ3v) is 5.95. The van der Waals surface area contributed by atoms with Crippen molar-refractivity contribution in [3.63, 3.8) is 0 Å². The first-order valence-electron chi connectivity index (χ1n) is 8.38. The predicted molar refractivity (Wildman–Crippen MR) is 94.1 cm³/mol. The summed E-state index contributed by atoms with van der Waals surface area (Å²) in [4.78, 5) is 5.01. The lowest BCUT2D eigenvalue weighted by Crippen LogP contribution is -2.49. The number of hydrogen-bond acceptors (Lipinski definition) is 4. The highest BCUT2D eigenvalue weighted by atomic mass is 32.2. The zero-order chi connectivity index (χ0) is 16.3. The molecule has 1 aliphatic carbocycles. The first-order valence-corrected chi connectivity index (χ1v) is 9.86. The summed E-state index contributed by atoms with van der Waals surface area (Å²) in [6.45, 7) is 4.33. The molecule has 0 bridgehead atoms. The van der Waals surface area contributed by atoms with Crippen molar-refractivity contribution in [3.05, 3.63) is 24.3 Å². The van der Waals surface area contributed by atoms with Gasteiger partial charge in [0.1, 0.15) is 0 Å². The Bertz CT molecular complexity index is 603. The molecule has 1 aliphatic heterocycles. The van der Waals surface area contributed by atoms with Gasteiger partial charge in [0.25, 0.3) is 10.2 Å². The Hall–Kier alpha value is -1.31. The van der Waals surface area contributed by atoms with Crippen molar-refractivity contribution in [1.29, 1.82) is 0 Å². The summed E-state index contributed by atoms with van der Waals surface area (Å²) < 4.78 is 27.7. The van der Waals surface area contributed by atoms with Crippen LogP contribution >= 0.6 is 0 Å². The van der Waals surface area contributed by atoms with Crippen LogP contribution in [0, 0.1) is 0 Å². The molecular weight excluding hydrogens is 312 g/mol. The van der Waals surface area contributed by atoms with Crippen molar-refractivity contribution in [2.75, 3.05) is 42.8 Å². The Kier molecular flexibility index (Phi) is 5.08. The van der Waals surface area contributed by atoms with Gasteiger partial charge in [0, 0.05) is 50.6 Å². The number of piperazine rings is 1. The summed E-state index contributed by atoms with van der Waals surface area (Å²) in [5, 5.41) is 0. The summed E-state index contributed by atoms with van der Waals surface area (Å²) in [5.41, 5.74) is 1.73. The smallest absolute Gasteiger partial charge is 0.298 e. The average molecular weight is 338 g/mol. The van der Waals surface area contributed by atoms with Crippen LogP contribution in [0.5, 0.6) is 0 Å². The van der Waals surface area contributed by atoms with Crippen molar-refractivity contribution in [1.82, 2.24) is 9.62 Å². The molecule has 0 unspecified atom stereocenters. The highest BCUT2D eigenvalue weighted by molar-refractivity contribution is 7.90. The standard InChI is InChI=1S/C16H26N4O2S/c1-17-23(21,22)18-14-6-8-16(9-7-14)20-12-10-19(11-13-20)15-4-2-3-5-15/h6-9,15,17-18H,2-5,10-13H2,1H3. The maximum Gasteiger partial charge on any atom is 0.298 e. The molecule has 3 rings (SSSR count). The minimum atomic E-state index is -3.45. The Morgan fingerprint density at radius 2 is 1.61 bits per heavy atom. The van der Waals surface area contributed by atoms with E-state index >= 15 is 0 Å². The highest BCUT2D eigenvalue weighted by Crippen LogP contribution is 2.26. The molecule has 23 heavy (non-hydrogen) atoms. The number of hydrogen-bond donors (Lipinski definition) is 2. The van der Waals surface area contributed by atoms with E-state index in [1.165, 1.54) is 32.7 Å². The molecule has 0 amide bonds. The summed E-state index contributed by atoms with van der Waals surface area (Å²) in [6.07, 6.45) is 5.49. The molecular formula is C16H26N4O2S. The van der Waals surface area contributed by atoms with Gasteiger partial charge in [-0.3, -0.25) is 9.62 Å². The minimum Gasteiger partial charge on any atom is -0.369 e. The van der Waals surface area contributed by atoms with Crippen LogP contribution in [0.4, 0.5) is 11.4 Å². The number of rotatable bonds is 5. The number of benzene rings is 1. The molecule has 0 aromatic heterocycles.